The second-order valence-corrected chi connectivity index (χ2v) is 6.78. The predicted octanol–water partition coefficient (Wildman–Crippen LogP) is 3.28. The van der Waals surface area contributed by atoms with Crippen molar-refractivity contribution in [2.75, 3.05) is 32.7 Å². The number of likely N-dealkylation sites (tertiary alicyclic amines) is 1. The van der Waals surface area contributed by atoms with E-state index in [-0.39, 0.29) is 29.7 Å². The molecule has 1 unspecified atom stereocenters. The van der Waals surface area contributed by atoms with E-state index in [4.69, 9.17) is 0 Å². The Hall–Kier alpha value is -1.04. The van der Waals surface area contributed by atoms with Crippen molar-refractivity contribution < 1.29 is 13.6 Å². The van der Waals surface area contributed by atoms with Crippen LogP contribution < -0.4 is 5.32 Å². The number of rotatable bonds is 4. The summed E-state index contributed by atoms with van der Waals surface area (Å²) in [4.78, 5) is 14.8. The monoisotopic (exact) mass is 358 g/mol. The molecule has 1 aromatic rings. The molecule has 0 amide bonds. The molecule has 1 atom stereocenters. The van der Waals surface area contributed by atoms with E-state index in [9.17, 15) is 13.6 Å². The zero-order valence-electron chi connectivity index (χ0n) is 13.8. The fourth-order valence-electron chi connectivity index (χ4n) is 3.73. The molecule has 2 fully saturated rings. The number of carbonyl (C=O) groups is 1. The van der Waals surface area contributed by atoms with Gasteiger partial charge in [0.15, 0.2) is 5.78 Å². The Morgan fingerprint density at radius 2 is 1.96 bits per heavy atom. The Morgan fingerprint density at radius 3 is 2.62 bits per heavy atom. The average Bonchev–Trinajstić information content (AvgIpc) is 2.58. The molecular weight excluding hydrogens is 334 g/mol. The van der Waals surface area contributed by atoms with Gasteiger partial charge in [-0.2, -0.15) is 0 Å². The summed E-state index contributed by atoms with van der Waals surface area (Å²) >= 11 is 0. The molecule has 2 aliphatic heterocycles. The lowest BCUT2D eigenvalue weighted by Gasteiger charge is -2.35. The number of hydrogen-bond acceptors (Lipinski definition) is 3. The van der Waals surface area contributed by atoms with E-state index >= 15 is 0 Å². The molecule has 1 aromatic carbocycles. The van der Waals surface area contributed by atoms with E-state index in [0.717, 1.165) is 63.8 Å². The summed E-state index contributed by atoms with van der Waals surface area (Å²) < 4.78 is 27.0. The van der Waals surface area contributed by atoms with E-state index in [1.807, 2.05) is 0 Å². The molecular formula is C18H25ClF2N2O. The van der Waals surface area contributed by atoms with Crippen LogP contribution in [-0.4, -0.2) is 43.4 Å². The zero-order chi connectivity index (χ0) is 16.2. The summed E-state index contributed by atoms with van der Waals surface area (Å²) in [6.45, 7) is 5.00. The molecule has 3 rings (SSSR count). The normalized spacial score (nSPS) is 22.8. The minimum Gasteiger partial charge on any atom is -0.316 e. The standard InChI is InChI=1S/C18H24F2N2O.ClH/c19-15-3-4-17(20)16(10-15)18(23)14-5-8-22(9-6-14)12-13-2-1-7-21-11-13;/h3-4,10,13-14,21H,1-2,5-9,11-12H2;1H. The Labute approximate surface area is 148 Å². The SMILES string of the molecule is Cl.O=C(c1cc(F)ccc1F)C1CCN(CC2CCCNC2)CC1. The van der Waals surface area contributed by atoms with Gasteiger partial charge in [-0.3, -0.25) is 4.79 Å². The van der Waals surface area contributed by atoms with Gasteiger partial charge in [0.05, 0.1) is 5.56 Å². The first kappa shape index (κ1) is 19.3. The average molecular weight is 359 g/mol. The summed E-state index contributed by atoms with van der Waals surface area (Å²) in [5.74, 6) is -0.922. The van der Waals surface area contributed by atoms with Crippen LogP contribution in [-0.2, 0) is 0 Å². The Kier molecular flexibility index (Phi) is 7.14. The molecule has 0 spiro atoms. The highest BCUT2D eigenvalue weighted by molar-refractivity contribution is 5.98. The fourth-order valence-corrected chi connectivity index (χ4v) is 3.73. The number of nitrogens with one attached hydrogen (secondary N) is 1. The van der Waals surface area contributed by atoms with Crippen LogP contribution in [0.25, 0.3) is 0 Å². The number of Topliss-reactive ketones (excluding diaryl/α,β-unsaturated/α-hetero) is 1. The van der Waals surface area contributed by atoms with Crippen LogP contribution in [0.5, 0.6) is 0 Å². The third-order valence-corrected chi connectivity index (χ3v) is 5.07. The molecule has 24 heavy (non-hydrogen) atoms. The highest BCUT2D eigenvalue weighted by atomic mass is 35.5. The number of halogens is 3. The molecule has 2 aliphatic rings. The largest absolute Gasteiger partial charge is 0.316 e. The van der Waals surface area contributed by atoms with Crippen molar-refractivity contribution in [2.24, 2.45) is 11.8 Å². The summed E-state index contributed by atoms with van der Waals surface area (Å²) in [6.07, 6.45) is 3.96. The molecule has 2 heterocycles. The summed E-state index contributed by atoms with van der Waals surface area (Å²) in [5, 5.41) is 3.43. The Balaban J connectivity index is 0.00000208. The van der Waals surface area contributed by atoms with Crippen molar-refractivity contribution in [3.05, 3.63) is 35.4 Å². The number of ketones is 1. The van der Waals surface area contributed by atoms with Gasteiger partial charge in [0.2, 0.25) is 0 Å². The maximum atomic E-state index is 13.8. The van der Waals surface area contributed by atoms with E-state index < -0.39 is 11.6 Å². The molecule has 1 N–H and O–H groups in total. The van der Waals surface area contributed by atoms with E-state index in [2.05, 4.69) is 10.2 Å². The zero-order valence-corrected chi connectivity index (χ0v) is 14.6. The quantitative estimate of drug-likeness (QED) is 0.838. The van der Waals surface area contributed by atoms with Gasteiger partial charge in [0.25, 0.3) is 0 Å². The maximum absolute atomic E-state index is 13.8. The number of piperidine rings is 2. The molecule has 2 saturated heterocycles. The van der Waals surface area contributed by atoms with Gasteiger partial charge in [0, 0.05) is 12.5 Å². The van der Waals surface area contributed by atoms with Gasteiger partial charge in [-0.25, -0.2) is 8.78 Å². The first-order valence-electron chi connectivity index (χ1n) is 8.56. The molecule has 0 aliphatic carbocycles. The lowest BCUT2D eigenvalue weighted by Crippen LogP contribution is -2.42. The van der Waals surface area contributed by atoms with Gasteiger partial charge >= 0.3 is 0 Å². The van der Waals surface area contributed by atoms with Gasteiger partial charge in [-0.15, -0.1) is 12.4 Å². The van der Waals surface area contributed by atoms with E-state index in [1.165, 1.54) is 12.8 Å². The third kappa shape index (κ3) is 4.74. The van der Waals surface area contributed by atoms with Crippen LogP contribution in [0.15, 0.2) is 18.2 Å². The second kappa shape index (κ2) is 8.88. The highest BCUT2D eigenvalue weighted by Gasteiger charge is 2.28. The number of nitrogens with zero attached hydrogens (tertiary/aromatic N) is 1. The molecule has 0 bridgehead atoms. The molecule has 6 heteroatoms. The molecule has 0 saturated carbocycles. The summed E-state index contributed by atoms with van der Waals surface area (Å²) in [5.41, 5.74) is -0.0973. The highest BCUT2D eigenvalue weighted by Crippen LogP contribution is 2.25. The Bertz CT molecular complexity index is 556. The summed E-state index contributed by atoms with van der Waals surface area (Å²) in [6, 6.07) is 3.11. The van der Waals surface area contributed by atoms with Crippen molar-refractivity contribution in [2.45, 2.75) is 25.7 Å². The van der Waals surface area contributed by atoms with Gasteiger partial charge in [-0.1, -0.05) is 0 Å². The first-order valence-corrected chi connectivity index (χ1v) is 8.56. The molecule has 0 aromatic heterocycles. The van der Waals surface area contributed by atoms with Crippen LogP contribution in [0.4, 0.5) is 8.78 Å². The number of hydrogen-bond donors (Lipinski definition) is 1. The van der Waals surface area contributed by atoms with Gasteiger partial charge in [-0.05, 0) is 76.0 Å². The van der Waals surface area contributed by atoms with Crippen LogP contribution in [0.1, 0.15) is 36.0 Å². The van der Waals surface area contributed by atoms with Crippen molar-refractivity contribution in [3.8, 4) is 0 Å². The maximum Gasteiger partial charge on any atom is 0.169 e. The minimum atomic E-state index is -0.618. The Morgan fingerprint density at radius 1 is 1.21 bits per heavy atom. The van der Waals surface area contributed by atoms with E-state index in [0.29, 0.717) is 5.92 Å². The smallest absolute Gasteiger partial charge is 0.169 e. The van der Waals surface area contributed by atoms with Crippen LogP contribution in [0, 0.1) is 23.5 Å². The lowest BCUT2D eigenvalue weighted by molar-refractivity contribution is 0.0816. The third-order valence-electron chi connectivity index (χ3n) is 5.07. The second-order valence-electron chi connectivity index (χ2n) is 6.78. The topological polar surface area (TPSA) is 32.3 Å². The molecule has 0 radical (unpaired) electrons. The van der Waals surface area contributed by atoms with Crippen LogP contribution in [0.2, 0.25) is 0 Å². The van der Waals surface area contributed by atoms with Crippen LogP contribution in [0.3, 0.4) is 0 Å². The number of carbonyl (C=O) groups excluding carboxylic acids is 1. The fraction of sp³-hybridized carbons (Fsp3) is 0.611. The molecule has 134 valence electrons. The molecule has 3 nitrogen and oxygen atoms in total. The van der Waals surface area contributed by atoms with Crippen molar-refractivity contribution >= 4 is 18.2 Å². The lowest BCUT2D eigenvalue weighted by atomic mass is 9.88. The van der Waals surface area contributed by atoms with Crippen LogP contribution >= 0.6 is 12.4 Å². The first-order chi connectivity index (χ1) is 11.1. The van der Waals surface area contributed by atoms with E-state index in [1.54, 1.807) is 0 Å². The van der Waals surface area contributed by atoms with Crippen molar-refractivity contribution in [1.29, 1.82) is 0 Å². The summed E-state index contributed by atoms with van der Waals surface area (Å²) in [7, 11) is 0. The minimum absolute atomic E-state index is 0. The van der Waals surface area contributed by atoms with Crippen molar-refractivity contribution in [1.82, 2.24) is 10.2 Å². The van der Waals surface area contributed by atoms with Crippen molar-refractivity contribution in [3.63, 3.8) is 0 Å². The number of benzene rings is 1. The van der Waals surface area contributed by atoms with Gasteiger partial charge < -0.3 is 10.2 Å². The van der Waals surface area contributed by atoms with Gasteiger partial charge in [0.1, 0.15) is 11.6 Å². The predicted molar refractivity (Wildman–Crippen MR) is 92.7 cm³/mol.